The van der Waals surface area contributed by atoms with Gasteiger partial charge in [0.15, 0.2) is 0 Å². The van der Waals surface area contributed by atoms with Crippen molar-refractivity contribution in [3.63, 3.8) is 0 Å². The van der Waals surface area contributed by atoms with Crippen molar-refractivity contribution in [1.82, 2.24) is 0 Å². The van der Waals surface area contributed by atoms with Gasteiger partial charge in [-0.1, -0.05) is 41.4 Å². The largest absolute Gasteiger partial charge is 0.192 e. The second-order valence-electron chi connectivity index (χ2n) is 3.76. The maximum atomic E-state index is 9.25. The van der Waals surface area contributed by atoms with Crippen LogP contribution in [-0.2, 0) is 0 Å². The number of allylic oxidation sites excluding steroid dienone is 1. The van der Waals surface area contributed by atoms with Crippen LogP contribution in [0.3, 0.4) is 0 Å². The van der Waals surface area contributed by atoms with E-state index in [0.29, 0.717) is 21.2 Å². The van der Waals surface area contributed by atoms with Crippen LogP contribution < -0.4 is 0 Å². The first-order chi connectivity index (χ1) is 8.63. The summed E-state index contributed by atoms with van der Waals surface area (Å²) >= 11 is 13.9. The number of rotatable bonds is 2. The third-order valence-corrected chi connectivity index (χ3v) is 4.05. The fourth-order valence-electron chi connectivity index (χ4n) is 1.57. The lowest BCUT2D eigenvalue weighted by molar-refractivity contribution is 1.46. The predicted octanol–water partition coefficient (Wildman–Crippen LogP) is 5.34. The van der Waals surface area contributed by atoms with Crippen LogP contribution in [-0.4, -0.2) is 0 Å². The normalized spacial score (nSPS) is 11.9. The van der Waals surface area contributed by atoms with Crippen LogP contribution in [0, 0.1) is 18.3 Å². The van der Waals surface area contributed by atoms with E-state index >= 15 is 0 Å². The maximum Gasteiger partial charge on any atom is 0.102 e. The highest BCUT2D eigenvalue weighted by Gasteiger charge is 2.13. The molecule has 0 saturated carbocycles. The second kappa shape index (κ2) is 5.58. The fourth-order valence-corrected chi connectivity index (χ4v) is 3.04. The molecule has 18 heavy (non-hydrogen) atoms. The smallest absolute Gasteiger partial charge is 0.102 e. The molecule has 1 nitrogen and oxygen atoms in total. The summed E-state index contributed by atoms with van der Waals surface area (Å²) in [5, 5.41) is 12.1. The lowest BCUT2D eigenvalue weighted by atomic mass is 10.1. The first-order valence-corrected chi connectivity index (χ1v) is 6.87. The van der Waals surface area contributed by atoms with Gasteiger partial charge in [-0.15, -0.1) is 11.3 Å². The van der Waals surface area contributed by atoms with E-state index in [1.54, 1.807) is 0 Å². The molecule has 0 amide bonds. The topological polar surface area (TPSA) is 23.8 Å². The molecule has 4 heteroatoms. The van der Waals surface area contributed by atoms with Crippen molar-refractivity contribution in [2.24, 2.45) is 0 Å². The van der Waals surface area contributed by atoms with E-state index in [-0.39, 0.29) is 0 Å². The summed E-state index contributed by atoms with van der Waals surface area (Å²) in [6.07, 6.45) is 0. The number of aryl methyl sites for hydroxylation is 1. The number of thiophene rings is 1. The van der Waals surface area contributed by atoms with Crippen molar-refractivity contribution in [3.05, 3.63) is 56.7 Å². The van der Waals surface area contributed by atoms with E-state index in [2.05, 4.69) is 6.07 Å². The Morgan fingerprint density at radius 2 is 2.11 bits per heavy atom. The van der Waals surface area contributed by atoms with E-state index < -0.39 is 0 Å². The Hall–Kier alpha value is -1.27. The Morgan fingerprint density at radius 1 is 1.33 bits per heavy atom. The number of hydrogen-bond donors (Lipinski definition) is 0. The Morgan fingerprint density at radius 3 is 2.67 bits per heavy atom. The lowest BCUT2D eigenvalue weighted by Gasteiger charge is -2.06. The van der Waals surface area contributed by atoms with E-state index in [0.717, 1.165) is 10.4 Å². The molecular weight excluding hydrogens is 285 g/mol. The molecule has 0 aliphatic carbocycles. The molecule has 0 aliphatic heterocycles. The average Bonchev–Trinajstić information content (AvgIpc) is 2.83. The van der Waals surface area contributed by atoms with Crippen molar-refractivity contribution in [1.29, 1.82) is 5.26 Å². The first-order valence-electron chi connectivity index (χ1n) is 5.23. The average molecular weight is 294 g/mol. The van der Waals surface area contributed by atoms with Crippen molar-refractivity contribution in [2.45, 2.75) is 6.92 Å². The van der Waals surface area contributed by atoms with Gasteiger partial charge < -0.3 is 0 Å². The maximum absolute atomic E-state index is 9.25. The van der Waals surface area contributed by atoms with Crippen LogP contribution in [0.2, 0.25) is 5.02 Å². The molecule has 1 aromatic heterocycles. The van der Waals surface area contributed by atoms with Crippen LogP contribution in [0.4, 0.5) is 0 Å². The van der Waals surface area contributed by atoms with E-state index in [4.69, 9.17) is 23.2 Å². The molecular formula is C14H9Cl2NS. The number of nitriles is 1. The Balaban J connectivity index is 2.58. The lowest BCUT2D eigenvalue weighted by Crippen LogP contribution is -1.86. The SMILES string of the molecule is Cc1ccc(/C(Cl)=C(/C#N)c2cccs2)c(Cl)c1. The first kappa shape index (κ1) is 13.2. The van der Waals surface area contributed by atoms with E-state index in [1.807, 2.05) is 42.6 Å². The summed E-state index contributed by atoms with van der Waals surface area (Å²) in [6, 6.07) is 11.5. The van der Waals surface area contributed by atoms with Gasteiger partial charge in [0.05, 0.1) is 10.6 Å². The quantitative estimate of drug-likeness (QED) is 0.686. The summed E-state index contributed by atoms with van der Waals surface area (Å²) < 4.78 is 0. The highest BCUT2D eigenvalue weighted by atomic mass is 35.5. The van der Waals surface area contributed by atoms with Crippen molar-refractivity contribution < 1.29 is 0 Å². The van der Waals surface area contributed by atoms with E-state index in [9.17, 15) is 5.26 Å². The third kappa shape index (κ3) is 2.59. The van der Waals surface area contributed by atoms with Crippen LogP contribution in [0.15, 0.2) is 35.7 Å². The summed E-state index contributed by atoms with van der Waals surface area (Å²) in [5.41, 5.74) is 2.20. The molecule has 2 aromatic rings. The Labute approximate surface area is 120 Å². The van der Waals surface area contributed by atoms with E-state index in [1.165, 1.54) is 11.3 Å². The summed E-state index contributed by atoms with van der Waals surface area (Å²) in [4.78, 5) is 0.846. The highest BCUT2D eigenvalue weighted by Crippen LogP contribution is 2.35. The number of nitrogens with zero attached hydrogens (tertiary/aromatic N) is 1. The molecule has 0 fully saturated rings. The number of benzene rings is 1. The molecule has 0 saturated heterocycles. The molecule has 0 radical (unpaired) electrons. The van der Waals surface area contributed by atoms with Crippen LogP contribution in [0.1, 0.15) is 16.0 Å². The summed E-state index contributed by atoms with van der Waals surface area (Å²) in [6.45, 7) is 1.96. The fraction of sp³-hybridized carbons (Fsp3) is 0.0714. The summed E-state index contributed by atoms with van der Waals surface area (Å²) in [5.74, 6) is 0. The van der Waals surface area contributed by atoms with Gasteiger partial charge in [0.25, 0.3) is 0 Å². The standard InChI is InChI=1S/C14H9Cl2NS/c1-9-4-5-10(12(15)7-9)14(16)11(8-17)13-3-2-6-18-13/h2-7H,1H3/b14-11+. The van der Waals surface area contributed by atoms with Gasteiger partial charge in [-0.3, -0.25) is 0 Å². The van der Waals surface area contributed by atoms with Gasteiger partial charge in [0.2, 0.25) is 0 Å². The minimum atomic E-state index is 0.393. The molecule has 0 aliphatic rings. The van der Waals surface area contributed by atoms with Gasteiger partial charge in [0.1, 0.15) is 6.07 Å². The molecule has 90 valence electrons. The predicted molar refractivity (Wildman–Crippen MR) is 78.8 cm³/mol. The number of halogens is 2. The van der Waals surface area contributed by atoms with Crippen LogP contribution in [0.25, 0.3) is 10.6 Å². The van der Waals surface area contributed by atoms with Crippen LogP contribution >= 0.6 is 34.5 Å². The zero-order valence-corrected chi connectivity index (χ0v) is 11.9. The minimum absolute atomic E-state index is 0.393. The molecule has 1 heterocycles. The molecule has 0 atom stereocenters. The van der Waals surface area contributed by atoms with Gasteiger partial charge in [0, 0.05) is 15.5 Å². The third-order valence-electron chi connectivity index (χ3n) is 2.46. The summed E-state index contributed by atoms with van der Waals surface area (Å²) in [7, 11) is 0. The molecule has 0 spiro atoms. The van der Waals surface area contributed by atoms with Gasteiger partial charge in [-0.05, 0) is 30.0 Å². The zero-order chi connectivity index (χ0) is 13.1. The van der Waals surface area contributed by atoms with Crippen molar-refractivity contribution in [3.8, 4) is 6.07 Å². The number of hydrogen-bond acceptors (Lipinski definition) is 2. The highest BCUT2D eigenvalue weighted by molar-refractivity contribution is 7.11. The van der Waals surface area contributed by atoms with Gasteiger partial charge in [-0.25, -0.2) is 0 Å². The molecule has 0 N–H and O–H groups in total. The Bertz CT molecular complexity index is 636. The van der Waals surface area contributed by atoms with Crippen molar-refractivity contribution in [2.75, 3.05) is 0 Å². The zero-order valence-electron chi connectivity index (χ0n) is 9.58. The van der Waals surface area contributed by atoms with Crippen molar-refractivity contribution >= 4 is 45.1 Å². The molecule has 0 bridgehead atoms. The second-order valence-corrected chi connectivity index (χ2v) is 5.49. The monoisotopic (exact) mass is 293 g/mol. The molecule has 1 aromatic carbocycles. The minimum Gasteiger partial charge on any atom is -0.192 e. The molecule has 0 unspecified atom stereocenters. The van der Waals surface area contributed by atoms with Gasteiger partial charge >= 0.3 is 0 Å². The Kier molecular flexibility index (Phi) is 4.08. The molecule has 2 rings (SSSR count). The van der Waals surface area contributed by atoms with Crippen LogP contribution in [0.5, 0.6) is 0 Å². The van der Waals surface area contributed by atoms with Gasteiger partial charge in [-0.2, -0.15) is 5.26 Å².